The number of carbonyl (C=O) groups is 1. The number of hydrogen-bond donors (Lipinski definition) is 1. The van der Waals surface area contributed by atoms with Crippen LogP contribution in [0.4, 0.5) is 10.8 Å². The molecule has 7 nitrogen and oxygen atoms in total. The maximum Gasteiger partial charge on any atom is 0.265 e. The molecule has 0 saturated heterocycles. The number of anilines is 2. The number of sulfonamides is 1. The summed E-state index contributed by atoms with van der Waals surface area (Å²) in [7, 11) is -3.49. The lowest BCUT2D eigenvalue weighted by atomic mass is 10.1. The number of nitrogens with zero attached hydrogens (tertiary/aromatic N) is 2. The highest BCUT2D eigenvalue weighted by molar-refractivity contribution is 7.92. The van der Waals surface area contributed by atoms with Crippen molar-refractivity contribution in [1.82, 2.24) is 4.98 Å². The van der Waals surface area contributed by atoms with Gasteiger partial charge in [0.15, 0.2) is 11.7 Å². The van der Waals surface area contributed by atoms with Gasteiger partial charge in [-0.1, -0.05) is 37.3 Å². The van der Waals surface area contributed by atoms with Gasteiger partial charge in [0.25, 0.3) is 5.91 Å². The van der Waals surface area contributed by atoms with Crippen molar-refractivity contribution in [3.63, 3.8) is 0 Å². The predicted octanol–water partition coefficient (Wildman–Crippen LogP) is 4.32. The van der Waals surface area contributed by atoms with Gasteiger partial charge >= 0.3 is 0 Å². The van der Waals surface area contributed by atoms with Gasteiger partial charge in [-0.15, -0.1) is 11.3 Å². The zero-order chi connectivity index (χ0) is 22.6. The second kappa shape index (κ2) is 9.70. The minimum atomic E-state index is -3.49. The van der Waals surface area contributed by atoms with Crippen molar-refractivity contribution in [3.8, 4) is 17.0 Å². The molecule has 1 amide bonds. The molecule has 0 unspecified atom stereocenters. The van der Waals surface area contributed by atoms with E-state index in [9.17, 15) is 13.2 Å². The highest BCUT2D eigenvalue weighted by Gasteiger charge is 2.25. The first-order valence-electron chi connectivity index (χ1n) is 10.5. The number of carbonyl (C=O) groups excluding carboxylic acids is 1. The van der Waals surface area contributed by atoms with E-state index in [0.717, 1.165) is 23.2 Å². The van der Waals surface area contributed by atoms with Crippen LogP contribution >= 0.6 is 11.3 Å². The molecule has 0 bridgehead atoms. The Morgan fingerprint density at radius 3 is 2.78 bits per heavy atom. The van der Waals surface area contributed by atoms with E-state index < -0.39 is 10.0 Å². The highest BCUT2D eigenvalue weighted by Crippen LogP contribution is 2.37. The second-order valence-corrected chi connectivity index (χ2v) is 10.3. The third-order valence-corrected chi connectivity index (χ3v) is 7.33. The number of hydrogen-bond acceptors (Lipinski definition) is 6. The van der Waals surface area contributed by atoms with E-state index in [4.69, 9.17) is 4.74 Å². The monoisotopic (exact) mass is 471 g/mol. The first-order chi connectivity index (χ1) is 15.4. The Hall–Kier alpha value is -2.91. The highest BCUT2D eigenvalue weighted by atomic mass is 32.2. The molecule has 0 atom stereocenters. The lowest BCUT2D eigenvalue weighted by Gasteiger charge is -2.29. The van der Waals surface area contributed by atoms with E-state index in [0.29, 0.717) is 36.0 Å². The maximum absolute atomic E-state index is 12.5. The van der Waals surface area contributed by atoms with Crippen LogP contribution in [0.5, 0.6) is 5.75 Å². The largest absolute Gasteiger partial charge is 0.482 e. The van der Waals surface area contributed by atoms with E-state index in [-0.39, 0.29) is 18.3 Å². The average Bonchev–Trinajstić information content (AvgIpc) is 3.24. The number of nitrogens with one attached hydrogen (secondary N) is 1. The third kappa shape index (κ3) is 5.28. The van der Waals surface area contributed by atoms with E-state index >= 15 is 0 Å². The minimum Gasteiger partial charge on any atom is -0.482 e. The molecule has 0 radical (unpaired) electrons. The number of fused-ring (bicyclic) bond motifs is 1. The van der Waals surface area contributed by atoms with Gasteiger partial charge in [-0.25, -0.2) is 13.4 Å². The topological polar surface area (TPSA) is 88.6 Å². The van der Waals surface area contributed by atoms with Gasteiger partial charge < -0.3 is 9.64 Å². The molecule has 1 aliphatic heterocycles. The van der Waals surface area contributed by atoms with Gasteiger partial charge in [-0.3, -0.25) is 9.52 Å². The summed E-state index contributed by atoms with van der Waals surface area (Å²) in [6.45, 7) is 2.67. The van der Waals surface area contributed by atoms with Crippen LogP contribution in [0.2, 0.25) is 0 Å². The summed E-state index contributed by atoms with van der Waals surface area (Å²) in [6, 6.07) is 15.4. The van der Waals surface area contributed by atoms with Crippen molar-refractivity contribution in [2.45, 2.75) is 26.2 Å². The molecule has 3 aromatic rings. The maximum atomic E-state index is 12.5. The van der Waals surface area contributed by atoms with Crippen LogP contribution in [0.3, 0.4) is 0 Å². The summed E-state index contributed by atoms with van der Waals surface area (Å²) < 4.78 is 33.1. The van der Waals surface area contributed by atoms with E-state index in [1.165, 1.54) is 11.3 Å². The van der Waals surface area contributed by atoms with Crippen molar-refractivity contribution in [3.05, 3.63) is 59.5 Å². The lowest BCUT2D eigenvalue weighted by molar-refractivity contribution is -0.121. The molecule has 1 aliphatic rings. The summed E-state index contributed by atoms with van der Waals surface area (Å²) >= 11 is 1.24. The second-order valence-electron chi connectivity index (χ2n) is 7.56. The molecule has 1 N–H and O–H groups in total. The van der Waals surface area contributed by atoms with Crippen LogP contribution in [-0.4, -0.2) is 38.2 Å². The van der Waals surface area contributed by atoms with E-state index in [1.54, 1.807) is 10.3 Å². The summed E-state index contributed by atoms with van der Waals surface area (Å²) in [5, 5.41) is 2.13. The van der Waals surface area contributed by atoms with Crippen molar-refractivity contribution >= 4 is 38.1 Å². The number of aromatic nitrogens is 1. The van der Waals surface area contributed by atoms with Gasteiger partial charge in [0, 0.05) is 17.5 Å². The van der Waals surface area contributed by atoms with Gasteiger partial charge in [0.1, 0.15) is 5.75 Å². The molecule has 2 aromatic carbocycles. The van der Waals surface area contributed by atoms with Crippen molar-refractivity contribution in [2.24, 2.45) is 0 Å². The third-order valence-electron chi connectivity index (χ3n) is 5.11. The first-order valence-corrected chi connectivity index (χ1v) is 13.1. The molecule has 4 rings (SSSR count). The van der Waals surface area contributed by atoms with Crippen LogP contribution in [0.1, 0.15) is 25.3 Å². The van der Waals surface area contributed by atoms with Crippen molar-refractivity contribution < 1.29 is 17.9 Å². The predicted molar refractivity (Wildman–Crippen MR) is 128 cm³/mol. The van der Waals surface area contributed by atoms with E-state index in [1.807, 2.05) is 55.5 Å². The van der Waals surface area contributed by atoms with E-state index in [2.05, 4.69) is 9.71 Å². The number of ether oxygens (including phenoxy) is 1. The number of benzene rings is 2. The minimum absolute atomic E-state index is 0.0289. The molecule has 168 valence electrons. The zero-order valence-corrected chi connectivity index (χ0v) is 19.4. The van der Waals surface area contributed by atoms with Crippen LogP contribution < -0.4 is 14.4 Å². The first kappa shape index (κ1) is 22.3. The Kier molecular flexibility index (Phi) is 6.76. The molecule has 0 aliphatic carbocycles. The lowest BCUT2D eigenvalue weighted by Crippen LogP contribution is -2.39. The van der Waals surface area contributed by atoms with Crippen molar-refractivity contribution in [2.75, 3.05) is 28.5 Å². The van der Waals surface area contributed by atoms with Crippen LogP contribution in [-0.2, 0) is 21.2 Å². The van der Waals surface area contributed by atoms with Crippen LogP contribution in [0, 0.1) is 0 Å². The molecule has 0 spiro atoms. The fourth-order valence-electron chi connectivity index (χ4n) is 3.58. The SMILES string of the molecule is CCCN1C(=O)COc2ccc(-c3csc(NS(=O)(=O)CCCc4ccccc4)n3)cc21. The molecule has 0 fully saturated rings. The van der Waals surface area contributed by atoms with Crippen LogP contribution in [0.25, 0.3) is 11.3 Å². The fourth-order valence-corrected chi connectivity index (χ4v) is 5.65. The quantitative estimate of drug-likeness (QED) is 0.502. The van der Waals surface area contributed by atoms with Gasteiger partial charge in [-0.2, -0.15) is 0 Å². The number of rotatable bonds is 9. The Labute approximate surface area is 192 Å². The number of thiazole rings is 1. The Morgan fingerprint density at radius 1 is 1.19 bits per heavy atom. The van der Waals surface area contributed by atoms with Gasteiger partial charge in [-0.05, 0) is 43.0 Å². The molecular formula is C23H25N3O4S2. The Morgan fingerprint density at radius 2 is 2.00 bits per heavy atom. The Bertz CT molecular complexity index is 1190. The standard InChI is InChI=1S/C23H25N3O4S2/c1-2-12-26-20-14-18(10-11-21(20)30-15-22(26)27)19-16-31-23(24-19)25-32(28,29)13-6-9-17-7-4-3-5-8-17/h3-5,7-8,10-11,14,16H,2,6,9,12-13,15H2,1H3,(H,24,25). The normalized spacial score (nSPS) is 13.5. The summed E-state index contributed by atoms with van der Waals surface area (Å²) in [5.74, 6) is 0.622. The van der Waals surface area contributed by atoms with Crippen LogP contribution in [0.15, 0.2) is 53.9 Å². The molecule has 0 saturated carbocycles. The molecule has 1 aromatic heterocycles. The average molecular weight is 472 g/mol. The molecular weight excluding hydrogens is 446 g/mol. The summed E-state index contributed by atoms with van der Waals surface area (Å²) in [5.41, 5.74) is 3.28. The number of amides is 1. The zero-order valence-electron chi connectivity index (χ0n) is 17.8. The number of aryl methyl sites for hydroxylation is 1. The Balaban J connectivity index is 1.44. The molecule has 2 heterocycles. The van der Waals surface area contributed by atoms with Gasteiger partial charge in [0.05, 0.1) is 17.1 Å². The smallest absolute Gasteiger partial charge is 0.265 e. The van der Waals surface area contributed by atoms with Crippen molar-refractivity contribution in [1.29, 1.82) is 0 Å². The fraction of sp³-hybridized carbons (Fsp3) is 0.304. The summed E-state index contributed by atoms with van der Waals surface area (Å²) in [4.78, 5) is 18.4. The summed E-state index contributed by atoms with van der Waals surface area (Å²) in [6.07, 6.45) is 2.07. The molecule has 9 heteroatoms. The molecule has 32 heavy (non-hydrogen) atoms. The van der Waals surface area contributed by atoms with Gasteiger partial charge in [0.2, 0.25) is 10.0 Å².